The molecule has 1 aromatic heterocycles. The number of aromatic nitrogens is 2. The van der Waals surface area contributed by atoms with Gasteiger partial charge >= 0.3 is 0 Å². The summed E-state index contributed by atoms with van der Waals surface area (Å²) in [6.07, 6.45) is 7.42. The Balaban J connectivity index is 2.71. The van der Waals surface area contributed by atoms with Crippen LogP contribution in [-0.4, -0.2) is 16.2 Å². The number of hydrogen-bond donors (Lipinski definition) is 2. The summed E-state index contributed by atoms with van der Waals surface area (Å²) in [5, 5.41) is 9.60. The first-order chi connectivity index (χ1) is 8.19. The van der Waals surface area contributed by atoms with Crippen LogP contribution >= 0.6 is 15.9 Å². The van der Waals surface area contributed by atoms with Gasteiger partial charge in [0.1, 0.15) is 4.47 Å². The number of halogens is 1. The van der Waals surface area contributed by atoms with Crippen LogP contribution in [0.1, 0.15) is 46.0 Å². The maximum Gasteiger partial charge on any atom is 0.280 e. The molecule has 5 heteroatoms. The van der Waals surface area contributed by atoms with Crippen LogP contribution in [0.4, 0.5) is 5.69 Å². The Labute approximate surface area is 110 Å². The van der Waals surface area contributed by atoms with E-state index in [0.717, 1.165) is 24.9 Å². The summed E-state index contributed by atoms with van der Waals surface area (Å²) in [6, 6.07) is 0.417. The van der Waals surface area contributed by atoms with E-state index in [0.29, 0.717) is 10.5 Å². The molecule has 1 aromatic rings. The van der Waals surface area contributed by atoms with Gasteiger partial charge in [-0.3, -0.25) is 4.79 Å². The largest absolute Gasteiger partial charge is 0.380 e. The number of anilines is 1. The Bertz CT molecular complexity index is 392. The Morgan fingerprint density at radius 3 is 2.82 bits per heavy atom. The van der Waals surface area contributed by atoms with Gasteiger partial charge in [-0.15, -0.1) is 0 Å². The average Bonchev–Trinajstić information content (AvgIpc) is 2.32. The van der Waals surface area contributed by atoms with Gasteiger partial charge in [0.15, 0.2) is 0 Å². The molecule has 96 valence electrons. The van der Waals surface area contributed by atoms with Crippen LogP contribution in [0.3, 0.4) is 0 Å². The van der Waals surface area contributed by atoms with E-state index < -0.39 is 0 Å². The molecule has 4 nitrogen and oxygen atoms in total. The Morgan fingerprint density at radius 1 is 1.41 bits per heavy atom. The zero-order valence-corrected chi connectivity index (χ0v) is 12.0. The minimum Gasteiger partial charge on any atom is -0.380 e. The number of unbranched alkanes of at least 4 members (excludes halogenated alkanes) is 1. The zero-order chi connectivity index (χ0) is 12.7. The minimum absolute atomic E-state index is 0.194. The number of nitrogens with zero attached hydrogens (tertiary/aromatic N) is 1. The van der Waals surface area contributed by atoms with Gasteiger partial charge in [-0.1, -0.05) is 33.1 Å². The van der Waals surface area contributed by atoms with Crippen molar-refractivity contribution in [1.82, 2.24) is 10.2 Å². The van der Waals surface area contributed by atoms with Crippen LogP contribution in [0.5, 0.6) is 0 Å². The summed E-state index contributed by atoms with van der Waals surface area (Å²) >= 11 is 3.28. The van der Waals surface area contributed by atoms with Crippen molar-refractivity contribution >= 4 is 21.6 Å². The van der Waals surface area contributed by atoms with E-state index in [4.69, 9.17) is 0 Å². The molecule has 17 heavy (non-hydrogen) atoms. The maximum absolute atomic E-state index is 11.4. The summed E-state index contributed by atoms with van der Waals surface area (Å²) in [5.41, 5.74) is 0.587. The molecule has 0 amide bonds. The Morgan fingerprint density at radius 2 is 2.18 bits per heavy atom. The molecule has 0 aliphatic rings. The third kappa shape index (κ3) is 4.50. The average molecular weight is 302 g/mol. The first-order valence-corrected chi connectivity index (χ1v) is 6.98. The van der Waals surface area contributed by atoms with E-state index in [9.17, 15) is 4.79 Å². The fraction of sp³-hybridized carbons (Fsp3) is 0.667. The molecule has 2 N–H and O–H groups in total. The summed E-state index contributed by atoms with van der Waals surface area (Å²) in [5.74, 6) is 0. The lowest BCUT2D eigenvalue weighted by atomic mass is 10.1. The molecule has 0 aliphatic carbocycles. The molecular formula is C12H20BrN3O. The molecule has 0 spiro atoms. The number of nitrogens with one attached hydrogen (secondary N) is 2. The normalized spacial score (nSPS) is 12.4. The van der Waals surface area contributed by atoms with Gasteiger partial charge in [-0.25, -0.2) is 5.10 Å². The standard InChI is InChI=1S/C12H20BrN3O/c1-3-5-7-9(6-4-2)15-10-8-14-16-12(17)11(10)13/h8-9H,3-7H2,1-2H3,(H2,15,16,17). The van der Waals surface area contributed by atoms with Crippen LogP contribution in [0, 0.1) is 0 Å². The van der Waals surface area contributed by atoms with Crippen LogP contribution in [0.2, 0.25) is 0 Å². The molecule has 0 aliphatic heterocycles. The van der Waals surface area contributed by atoms with Crippen molar-refractivity contribution < 1.29 is 0 Å². The second-order valence-corrected chi connectivity index (χ2v) is 4.99. The second kappa shape index (κ2) is 7.48. The highest BCUT2D eigenvalue weighted by Crippen LogP contribution is 2.19. The Kier molecular flexibility index (Phi) is 6.26. The molecule has 0 bridgehead atoms. The fourth-order valence-corrected chi connectivity index (χ4v) is 2.10. The van der Waals surface area contributed by atoms with Crippen molar-refractivity contribution in [2.24, 2.45) is 0 Å². The molecule has 0 aromatic carbocycles. The van der Waals surface area contributed by atoms with Gasteiger partial charge in [-0.2, -0.15) is 5.10 Å². The third-order valence-electron chi connectivity index (χ3n) is 2.70. The molecule has 1 atom stereocenters. The number of hydrogen-bond acceptors (Lipinski definition) is 3. The van der Waals surface area contributed by atoms with Crippen LogP contribution < -0.4 is 10.9 Å². The van der Waals surface area contributed by atoms with Crippen molar-refractivity contribution in [1.29, 1.82) is 0 Å². The van der Waals surface area contributed by atoms with Crippen molar-refractivity contribution in [3.05, 3.63) is 21.0 Å². The maximum atomic E-state index is 11.4. The quantitative estimate of drug-likeness (QED) is 0.812. The molecule has 0 radical (unpaired) electrons. The van der Waals surface area contributed by atoms with Gasteiger partial charge in [0.25, 0.3) is 5.56 Å². The molecule has 0 saturated heterocycles. The van der Waals surface area contributed by atoms with Crippen LogP contribution in [0.25, 0.3) is 0 Å². The van der Waals surface area contributed by atoms with Crippen molar-refractivity contribution in [2.45, 2.75) is 52.0 Å². The summed E-state index contributed by atoms with van der Waals surface area (Å²) in [4.78, 5) is 11.4. The number of aromatic amines is 1. The lowest BCUT2D eigenvalue weighted by molar-refractivity contribution is 0.564. The highest BCUT2D eigenvalue weighted by molar-refractivity contribution is 9.10. The predicted octanol–water partition coefficient (Wildman–Crippen LogP) is 3.30. The highest BCUT2D eigenvalue weighted by atomic mass is 79.9. The predicted molar refractivity (Wildman–Crippen MR) is 74.4 cm³/mol. The second-order valence-electron chi connectivity index (χ2n) is 4.20. The zero-order valence-electron chi connectivity index (χ0n) is 10.4. The van der Waals surface area contributed by atoms with E-state index in [1.807, 2.05) is 0 Å². The van der Waals surface area contributed by atoms with Crippen molar-refractivity contribution in [3.8, 4) is 0 Å². The summed E-state index contributed by atoms with van der Waals surface area (Å²) in [6.45, 7) is 4.36. The van der Waals surface area contributed by atoms with Gasteiger partial charge in [0.2, 0.25) is 0 Å². The molecule has 0 fully saturated rings. The molecule has 1 unspecified atom stereocenters. The highest BCUT2D eigenvalue weighted by Gasteiger charge is 2.10. The molecule has 0 saturated carbocycles. The van der Waals surface area contributed by atoms with E-state index in [-0.39, 0.29) is 5.56 Å². The van der Waals surface area contributed by atoms with Gasteiger partial charge < -0.3 is 5.32 Å². The molecule has 1 rings (SSSR count). The smallest absolute Gasteiger partial charge is 0.280 e. The van der Waals surface area contributed by atoms with E-state index in [2.05, 4.69) is 45.3 Å². The topological polar surface area (TPSA) is 57.8 Å². The van der Waals surface area contributed by atoms with Crippen LogP contribution in [-0.2, 0) is 0 Å². The van der Waals surface area contributed by atoms with E-state index >= 15 is 0 Å². The molecule has 1 heterocycles. The van der Waals surface area contributed by atoms with E-state index in [1.54, 1.807) is 6.20 Å². The Hall–Kier alpha value is -0.840. The van der Waals surface area contributed by atoms with E-state index in [1.165, 1.54) is 12.8 Å². The third-order valence-corrected chi connectivity index (χ3v) is 3.49. The van der Waals surface area contributed by atoms with Gasteiger partial charge in [0.05, 0.1) is 11.9 Å². The number of H-pyrrole nitrogens is 1. The first-order valence-electron chi connectivity index (χ1n) is 6.18. The first kappa shape index (κ1) is 14.2. The van der Waals surface area contributed by atoms with Gasteiger partial charge in [0, 0.05) is 6.04 Å². The van der Waals surface area contributed by atoms with Gasteiger partial charge in [-0.05, 0) is 28.8 Å². The number of rotatable bonds is 7. The lowest BCUT2D eigenvalue weighted by Crippen LogP contribution is -2.22. The minimum atomic E-state index is -0.194. The monoisotopic (exact) mass is 301 g/mol. The summed E-state index contributed by atoms with van der Waals surface area (Å²) in [7, 11) is 0. The van der Waals surface area contributed by atoms with Crippen molar-refractivity contribution in [2.75, 3.05) is 5.32 Å². The van der Waals surface area contributed by atoms with Crippen LogP contribution in [0.15, 0.2) is 15.5 Å². The fourth-order valence-electron chi connectivity index (χ4n) is 1.79. The SMILES string of the molecule is CCCCC(CCC)Nc1cn[nH]c(=O)c1Br. The van der Waals surface area contributed by atoms with Crippen molar-refractivity contribution in [3.63, 3.8) is 0 Å². The molecular weight excluding hydrogens is 282 g/mol. The lowest BCUT2D eigenvalue weighted by Gasteiger charge is -2.19. The summed E-state index contributed by atoms with van der Waals surface area (Å²) < 4.78 is 0.533.